The van der Waals surface area contributed by atoms with Gasteiger partial charge in [0.2, 0.25) is 11.6 Å². The van der Waals surface area contributed by atoms with Crippen molar-refractivity contribution in [2.75, 3.05) is 0 Å². The van der Waals surface area contributed by atoms with Crippen LogP contribution in [-0.2, 0) is 0 Å². The van der Waals surface area contributed by atoms with Crippen molar-refractivity contribution in [3.63, 3.8) is 0 Å². The van der Waals surface area contributed by atoms with E-state index in [4.69, 9.17) is 5.26 Å². The Labute approximate surface area is 206 Å². The zero-order chi connectivity index (χ0) is 24.6. The molecule has 0 saturated carbocycles. The van der Waals surface area contributed by atoms with Crippen LogP contribution in [0, 0.1) is 29.6 Å². The number of benzene rings is 3. The lowest BCUT2D eigenvalue weighted by atomic mass is 10.00. The summed E-state index contributed by atoms with van der Waals surface area (Å²) in [4.78, 5) is 16.7. The number of aryl methyl sites for hydroxylation is 1. The van der Waals surface area contributed by atoms with Gasteiger partial charge in [-0.05, 0) is 42.3 Å². The highest BCUT2D eigenvalue weighted by atomic mass is 15.0. The number of nitriles is 2. The Balaban J connectivity index is 1.66. The van der Waals surface area contributed by atoms with Crippen molar-refractivity contribution in [3.05, 3.63) is 103 Å². The normalized spacial score (nSPS) is 10.9. The molecule has 0 radical (unpaired) electrons. The average Bonchev–Trinajstić information content (AvgIpc) is 3.26. The minimum Gasteiger partial charge on any atom is -0.309 e. The first-order chi connectivity index (χ1) is 17.7. The second-order valence-electron chi connectivity index (χ2n) is 8.42. The minimum atomic E-state index is 0.115. The largest absolute Gasteiger partial charge is 0.309 e. The first-order valence-corrected chi connectivity index (χ1v) is 11.3. The number of fused-ring (bicyclic) bond motifs is 3. The van der Waals surface area contributed by atoms with E-state index in [2.05, 4.69) is 73.9 Å². The molecule has 168 valence electrons. The molecule has 6 rings (SSSR count). The molecule has 0 unspecified atom stereocenters. The van der Waals surface area contributed by atoms with Gasteiger partial charge in [-0.25, -0.2) is 19.9 Å². The van der Waals surface area contributed by atoms with Gasteiger partial charge in [-0.1, -0.05) is 36.4 Å². The second-order valence-corrected chi connectivity index (χ2v) is 8.42. The van der Waals surface area contributed by atoms with Crippen molar-refractivity contribution >= 4 is 21.8 Å². The highest BCUT2D eigenvalue weighted by Gasteiger charge is 2.17. The lowest BCUT2D eigenvalue weighted by Gasteiger charge is -2.16. The maximum Gasteiger partial charge on any atom is 0.232 e. The Morgan fingerprint density at radius 1 is 0.639 bits per heavy atom. The molecular formula is C29H17N7. The molecule has 0 saturated heterocycles. The Morgan fingerprint density at radius 2 is 1.28 bits per heavy atom. The van der Waals surface area contributed by atoms with Crippen LogP contribution in [0.25, 0.3) is 49.7 Å². The van der Waals surface area contributed by atoms with Crippen molar-refractivity contribution in [1.82, 2.24) is 24.5 Å². The fraction of sp³-hybridized carbons (Fsp3) is 0.0345. The van der Waals surface area contributed by atoms with Crippen LogP contribution < -0.4 is 0 Å². The van der Waals surface area contributed by atoms with E-state index in [1.54, 1.807) is 24.8 Å². The van der Waals surface area contributed by atoms with Gasteiger partial charge < -0.3 is 4.57 Å². The minimum absolute atomic E-state index is 0.115. The van der Waals surface area contributed by atoms with Crippen LogP contribution in [0.15, 0.2) is 85.5 Å². The lowest BCUT2D eigenvalue weighted by molar-refractivity contribution is 1.11. The van der Waals surface area contributed by atoms with Gasteiger partial charge in [-0.15, -0.1) is 0 Å². The molecule has 0 aliphatic heterocycles. The van der Waals surface area contributed by atoms with Crippen LogP contribution in [-0.4, -0.2) is 24.5 Å². The SMILES string of the molecule is Cc1ccc2c3ccccc3n(-c3ccc(-c4cnc(C#N)nc4)cc3-c3cnc(C#N)nc3)c2c1. The zero-order valence-corrected chi connectivity index (χ0v) is 19.2. The third kappa shape index (κ3) is 3.44. The molecular weight excluding hydrogens is 446 g/mol. The van der Waals surface area contributed by atoms with E-state index in [1.807, 2.05) is 30.3 Å². The standard InChI is InChI=1S/C29H17N7/c1-18-6-8-23-22-4-2-3-5-25(22)36(27(23)10-18)26-9-7-19(20-14-32-28(12-30)33-15-20)11-24(26)21-16-34-29(13-31)35-17-21/h2-11,14-17H,1H3. The highest BCUT2D eigenvalue weighted by Crippen LogP contribution is 2.38. The summed E-state index contributed by atoms with van der Waals surface area (Å²) in [6, 6.07) is 24.9. The number of hydrogen-bond donors (Lipinski definition) is 0. The summed E-state index contributed by atoms with van der Waals surface area (Å²) in [6.07, 6.45) is 6.62. The van der Waals surface area contributed by atoms with Crippen LogP contribution in [0.1, 0.15) is 17.2 Å². The summed E-state index contributed by atoms with van der Waals surface area (Å²) >= 11 is 0. The fourth-order valence-electron chi connectivity index (χ4n) is 4.54. The van der Waals surface area contributed by atoms with E-state index < -0.39 is 0 Å². The van der Waals surface area contributed by atoms with E-state index in [9.17, 15) is 5.26 Å². The number of para-hydroxylation sites is 1. The Hall–Kier alpha value is -5.40. The predicted octanol–water partition coefficient (Wildman–Crippen LogP) is 5.75. The van der Waals surface area contributed by atoms with E-state index in [1.165, 1.54) is 16.3 Å². The topological polar surface area (TPSA) is 104 Å². The second kappa shape index (κ2) is 8.43. The molecule has 6 aromatic rings. The fourth-order valence-corrected chi connectivity index (χ4v) is 4.54. The lowest BCUT2D eigenvalue weighted by Crippen LogP contribution is -1.99. The van der Waals surface area contributed by atoms with Gasteiger partial charge in [0.15, 0.2) is 0 Å². The van der Waals surface area contributed by atoms with Crippen molar-refractivity contribution in [3.8, 4) is 40.1 Å². The van der Waals surface area contributed by atoms with E-state index in [-0.39, 0.29) is 11.6 Å². The molecule has 0 N–H and O–H groups in total. The number of nitrogens with zero attached hydrogens (tertiary/aromatic N) is 7. The third-order valence-electron chi connectivity index (χ3n) is 6.21. The summed E-state index contributed by atoms with van der Waals surface area (Å²) < 4.78 is 2.25. The molecule has 36 heavy (non-hydrogen) atoms. The molecule has 0 atom stereocenters. The molecule has 0 spiro atoms. The Bertz CT molecular complexity index is 1850. The average molecular weight is 464 g/mol. The number of aromatic nitrogens is 5. The van der Waals surface area contributed by atoms with Gasteiger partial charge in [0, 0.05) is 52.3 Å². The summed E-state index contributed by atoms with van der Waals surface area (Å²) in [7, 11) is 0. The molecule has 3 heterocycles. The first-order valence-electron chi connectivity index (χ1n) is 11.3. The van der Waals surface area contributed by atoms with Gasteiger partial charge >= 0.3 is 0 Å². The maximum absolute atomic E-state index is 9.19. The monoisotopic (exact) mass is 463 g/mol. The van der Waals surface area contributed by atoms with E-state index in [0.717, 1.165) is 39.0 Å². The summed E-state index contributed by atoms with van der Waals surface area (Å²) in [5.41, 5.74) is 7.66. The maximum atomic E-state index is 9.19. The van der Waals surface area contributed by atoms with Gasteiger partial charge in [0.1, 0.15) is 12.1 Å². The van der Waals surface area contributed by atoms with E-state index >= 15 is 0 Å². The molecule has 0 aliphatic carbocycles. The van der Waals surface area contributed by atoms with Gasteiger partial charge in [0.05, 0.1) is 16.7 Å². The molecule has 0 fully saturated rings. The number of hydrogen-bond acceptors (Lipinski definition) is 6. The molecule has 0 amide bonds. The van der Waals surface area contributed by atoms with Crippen molar-refractivity contribution in [2.45, 2.75) is 6.92 Å². The van der Waals surface area contributed by atoms with Crippen LogP contribution in [0.2, 0.25) is 0 Å². The Kier molecular flexibility index (Phi) is 4.95. The molecule has 0 aliphatic rings. The smallest absolute Gasteiger partial charge is 0.232 e. The van der Waals surface area contributed by atoms with Crippen LogP contribution in [0.5, 0.6) is 0 Å². The van der Waals surface area contributed by atoms with Crippen molar-refractivity contribution in [2.24, 2.45) is 0 Å². The highest BCUT2D eigenvalue weighted by molar-refractivity contribution is 6.10. The van der Waals surface area contributed by atoms with Crippen LogP contribution in [0.3, 0.4) is 0 Å². The Morgan fingerprint density at radius 3 is 1.97 bits per heavy atom. The molecule has 7 nitrogen and oxygen atoms in total. The molecule has 0 bridgehead atoms. The summed E-state index contributed by atoms with van der Waals surface area (Å²) in [6.45, 7) is 2.09. The van der Waals surface area contributed by atoms with Crippen molar-refractivity contribution < 1.29 is 0 Å². The summed E-state index contributed by atoms with van der Waals surface area (Å²) in [5, 5.41) is 20.6. The molecule has 7 heteroatoms. The predicted molar refractivity (Wildman–Crippen MR) is 137 cm³/mol. The summed E-state index contributed by atoms with van der Waals surface area (Å²) in [5.74, 6) is 0.237. The molecule has 3 aromatic carbocycles. The molecule has 3 aromatic heterocycles. The van der Waals surface area contributed by atoms with Gasteiger partial charge in [-0.2, -0.15) is 10.5 Å². The van der Waals surface area contributed by atoms with Gasteiger partial charge in [-0.3, -0.25) is 0 Å². The quantitative estimate of drug-likeness (QED) is 0.331. The number of rotatable bonds is 3. The van der Waals surface area contributed by atoms with Crippen LogP contribution >= 0.6 is 0 Å². The van der Waals surface area contributed by atoms with Crippen LogP contribution in [0.4, 0.5) is 0 Å². The van der Waals surface area contributed by atoms with Crippen molar-refractivity contribution in [1.29, 1.82) is 10.5 Å². The van der Waals surface area contributed by atoms with E-state index in [0.29, 0.717) is 0 Å². The third-order valence-corrected chi connectivity index (χ3v) is 6.21. The first kappa shape index (κ1) is 21.2. The zero-order valence-electron chi connectivity index (χ0n) is 19.2. The van der Waals surface area contributed by atoms with Gasteiger partial charge in [0.25, 0.3) is 0 Å².